The Morgan fingerprint density at radius 1 is 1.09 bits per heavy atom. The predicted octanol–water partition coefficient (Wildman–Crippen LogP) is 0.982. The summed E-state index contributed by atoms with van der Waals surface area (Å²) in [4.78, 5) is 0. The van der Waals surface area contributed by atoms with Crippen molar-refractivity contribution in [1.82, 2.24) is 0 Å². The molecule has 0 saturated carbocycles. The van der Waals surface area contributed by atoms with Crippen LogP contribution in [0.5, 0.6) is 0 Å². The summed E-state index contributed by atoms with van der Waals surface area (Å²) in [5.41, 5.74) is 0. The molecule has 0 aromatic carbocycles. The van der Waals surface area contributed by atoms with Crippen LogP contribution in [0, 0.1) is 0 Å². The Morgan fingerprint density at radius 2 is 1.36 bits per heavy atom. The fraction of sp³-hybridized carbons (Fsp3) is 1.00. The van der Waals surface area contributed by atoms with Gasteiger partial charge in [0.2, 0.25) is 11.1 Å². The molecule has 0 bridgehead atoms. The maximum Gasteiger partial charge on any atom is 0.469 e. The largest absolute Gasteiger partial charge is 0.469 e. The Bertz CT molecular complexity index is 155. The molecular weight excluding hydrogens is 222 g/mol. The van der Waals surface area contributed by atoms with Crippen molar-refractivity contribution in [2.24, 2.45) is 0 Å². The maximum atomic E-state index is 11.4. The van der Waals surface area contributed by atoms with E-state index in [2.05, 4.69) is 0 Å². The molecule has 0 aliphatic carbocycles. The molecule has 0 aliphatic heterocycles. The van der Waals surface area contributed by atoms with Gasteiger partial charge in [-0.2, -0.15) is 22.0 Å². The van der Waals surface area contributed by atoms with E-state index in [1.165, 1.54) is 0 Å². The van der Waals surface area contributed by atoms with E-state index in [1.807, 2.05) is 0 Å². The third kappa shape index (κ3) is 3.74. The first-order valence-corrected chi connectivity index (χ1v) is 2.86. The van der Waals surface area contributed by atoms with Crippen LogP contribution >= 0.6 is 0 Å². The zero-order chi connectivity index (χ0) is 8.58. The van der Waals surface area contributed by atoms with Crippen LogP contribution < -0.4 is 0 Å². The van der Waals surface area contributed by atoms with E-state index in [0.717, 1.165) is 0 Å². The van der Waals surface area contributed by atoms with Crippen LogP contribution in [-0.4, -0.2) is 71.6 Å². The van der Waals surface area contributed by atoms with Gasteiger partial charge in [0.25, 0.3) is 0 Å². The van der Waals surface area contributed by atoms with Crippen LogP contribution in [0.25, 0.3) is 0 Å². The average molecular weight is 223 g/mol. The Labute approximate surface area is 103 Å². The van der Waals surface area contributed by atoms with Crippen molar-refractivity contribution in [1.29, 1.82) is 0 Å². The molecule has 1 unspecified atom stereocenters. The molecule has 0 rings (SSSR count). The first-order valence-electron chi connectivity index (χ1n) is 1.75. The van der Waals surface area contributed by atoms with E-state index in [0.29, 0.717) is 0 Å². The minimum Gasteiger partial charge on any atom is -0.301 e. The summed E-state index contributed by atoms with van der Waals surface area (Å²) in [6, 6.07) is 0. The van der Waals surface area contributed by atoms with Crippen molar-refractivity contribution in [3.8, 4) is 0 Å². The van der Waals surface area contributed by atoms with Gasteiger partial charge in [-0.3, -0.25) is 0 Å². The summed E-state index contributed by atoms with van der Waals surface area (Å²) >= 11 is -4.20. The fourth-order valence-electron chi connectivity index (χ4n) is 0.0990. The SMILES string of the molecule is O=S(O)C(F)(F)C(F)(F)F.[K]. The third-order valence-corrected chi connectivity index (χ3v) is 1.22. The molecular formula is C2HF5KO2S. The molecule has 1 N–H and O–H groups in total. The van der Waals surface area contributed by atoms with Crippen molar-refractivity contribution in [2.75, 3.05) is 0 Å². The summed E-state index contributed by atoms with van der Waals surface area (Å²) in [5.74, 6) is 0. The molecule has 0 aliphatic rings. The van der Waals surface area contributed by atoms with Crippen LogP contribution in [0.3, 0.4) is 0 Å². The Kier molecular flexibility index (Phi) is 6.20. The zero-order valence-corrected chi connectivity index (χ0v) is 9.09. The van der Waals surface area contributed by atoms with Crippen LogP contribution in [0.1, 0.15) is 0 Å². The van der Waals surface area contributed by atoms with Gasteiger partial charge in [-0.1, -0.05) is 0 Å². The second-order valence-corrected chi connectivity index (χ2v) is 2.27. The van der Waals surface area contributed by atoms with Gasteiger partial charge in [-0.25, -0.2) is 4.21 Å². The van der Waals surface area contributed by atoms with Crippen molar-refractivity contribution in [2.45, 2.75) is 11.4 Å². The Hall–Kier alpha value is 1.40. The topological polar surface area (TPSA) is 37.3 Å². The predicted molar refractivity (Wildman–Crippen MR) is 27.5 cm³/mol. The van der Waals surface area contributed by atoms with E-state index in [9.17, 15) is 26.2 Å². The Balaban J connectivity index is 0. The van der Waals surface area contributed by atoms with Crippen LogP contribution in [0.2, 0.25) is 0 Å². The molecule has 0 aromatic rings. The summed E-state index contributed by atoms with van der Waals surface area (Å²) in [7, 11) is 0. The molecule has 1 radical (unpaired) electrons. The number of alkyl halides is 5. The van der Waals surface area contributed by atoms with Gasteiger partial charge in [-0.15, -0.1) is 0 Å². The van der Waals surface area contributed by atoms with E-state index in [4.69, 9.17) is 4.55 Å². The molecule has 1 atom stereocenters. The quantitative estimate of drug-likeness (QED) is 0.409. The standard InChI is InChI=1S/C2HF5O2S.K/c3-1(4,5)2(6,7)10(8)9;/h(H,8,9);. The zero-order valence-electron chi connectivity index (χ0n) is 5.15. The van der Waals surface area contributed by atoms with Crippen LogP contribution in [-0.2, 0) is 11.1 Å². The number of hydrogen-bond acceptors (Lipinski definition) is 1. The van der Waals surface area contributed by atoms with Crippen molar-refractivity contribution < 1.29 is 30.7 Å². The number of halogens is 5. The Morgan fingerprint density at radius 3 is 1.36 bits per heavy atom. The van der Waals surface area contributed by atoms with Gasteiger partial charge in [0.05, 0.1) is 0 Å². The van der Waals surface area contributed by atoms with Crippen molar-refractivity contribution >= 4 is 62.5 Å². The van der Waals surface area contributed by atoms with E-state index in [1.54, 1.807) is 0 Å². The second-order valence-electron chi connectivity index (χ2n) is 1.26. The first-order chi connectivity index (χ1) is 4.19. The molecule has 11 heavy (non-hydrogen) atoms. The summed E-state index contributed by atoms with van der Waals surface area (Å²) in [6.07, 6.45) is -5.97. The maximum absolute atomic E-state index is 11.4. The van der Waals surface area contributed by atoms with Crippen LogP contribution in [0.15, 0.2) is 0 Å². The van der Waals surface area contributed by atoms with Gasteiger partial charge in [0, 0.05) is 51.4 Å². The fourth-order valence-corrected chi connectivity index (χ4v) is 0.297. The minimum absolute atomic E-state index is 0. The van der Waals surface area contributed by atoms with Gasteiger partial charge >= 0.3 is 11.4 Å². The molecule has 0 fully saturated rings. The van der Waals surface area contributed by atoms with E-state index >= 15 is 0 Å². The summed E-state index contributed by atoms with van der Waals surface area (Å²) < 4.78 is 72.4. The smallest absolute Gasteiger partial charge is 0.301 e. The molecule has 0 aromatic heterocycles. The van der Waals surface area contributed by atoms with Gasteiger partial charge in [0.15, 0.2) is 0 Å². The molecule has 63 valence electrons. The molecule has 0 amide bonds. The van der Waals surface area contributed by atoms with Gasteiger partial charge < -0.3 is 4.55 Å². The van der Waals surface area contributed by atoms with Gasteiger partial charge in [0.1, 0.15) is 0 Å². The summed E-state index contributed by atoms with van der Waals surface area (Å²) in [6.45, 7) is 0. The normalized spacial score (nSPS) is 15.5. The van der Waals surface area contributed by atoms with Crippen molar-refractivity contribution in [3.05, 3.63) is 0 Å². The minimum atomic E-state index is -5.97. The number of hydrogen-bond donors (Lipinski definition) is 1. The molecule has 0 saturated heterocycles. The second kappa shape index (κ2) is 4.58. The summed E-state index contributed by atoms with van der Waals surface area (Å²) in [5, 5.41) is -5.53. The van der Waals surface area contributed by atoms with E-state index < -0.39 is 22.5 Å². The monoisotopic (exact) mass is 223 g/mol. The molecule has 0 heterocycles. The van der Waals surface area contributed by atoms with E-state index in [-0.39, 0.29) is 51.4 Å². The van der Waals surface area contributed by atoms with Crippen molar-refractivity contribution in [3.63, 3.8) is 0 Å². The third-order valence-electron chi connectivity index (χ3n) is 0.549. The number of rotatable bonds is 1. The van der Waals surface area contributed by atoms with Gasteiger partial charge in [-0.05, 0) is 0 Å². The molecule has 9 heteroatoms. The first kappa shape index (κ1) is 14.9. The van der Waals surface area contributed by atoms with Crippen LogP contribution in [0.4, 0.5) is 22.0 Å². The molecule has 0 spiro atoms. The molecule has 2 nitrogen and oxygen atoms in total. The average Bonchev–Trinajstić information content (AvgIpc) is 1.62.